The summed E-state index contributed by atoms with van der Waals surface area (Å²) >= 11 is 0. The fourth-order valence-corrected chi connectivity index (χ4v) is 6.12. The van der Waals surface area contributed by atoms with Gasteiger partial charge in [-0.3, -0.25) is 0 Å². The number of benzene rings is 4. The van der Waals surface area contributed by atoms with Crippen LogP contribution in [0.25, 0.3) is 22.3 Å². The van der Waals surface area contributed by atoms with E-state index in [2.05, 4.69) is 4.94 Å². The van der Waals surface area contributed by atoms with Gasteiger partial charge in [0, 0.05) is 0 Å². The SMILES string of the molecule is NS(=O)(=O)c1ccc(-c2ccc(S(=O)(=O)NONS(=O)(=O)c3ccc(-c4ccc(S(N)(=O)=O)cc4)cc3)cc2)cc1. The highest BCUT2D eigenvalue weighted by Gasteiger charge is 2.19. The maximum absolute atomic E-state index is 12.5. The van der Waals surface area contributed by atoms with Crippen LogP contribution < -0.4 is 20.0 Å². The zero-order chi connectivity index (χ0) is 30.1. The Kier molecular flexibility index (Phi) is 8.46. The second-order valence-corrected chi connectivity index (χ2v) is 14.9. The fraction of sp³-hybridized carbons (Fsp3) is 0. The van der Waals surface area contributed by atoms with Gasteiger partial charge in [-0.1, -0.05) is 58.3 Å². The first kappa shape index (κ1) is 30.4. The van der Waals surface area contributed by atoms with E-state index < -0.39 is 40.1 Å². The Bertz CT molecular complexity index is 1850. The Morgan fingerprint density at radius 3 is 0.829 bits per heavy atom. The summed E-state index contributed by atoms with van der Waals surface area (Å²) < 4.78 is 95.8. The van der Waals surface area contributed by atoms with E-state index in [9.17, 15) is 33.7 Å². The summed E-state index contributed by atoms with van der Waals surface area (Å²) in [5.74, 6) is 0. The first-order valence-corrected chi connectivity index (χ1v) is 17.3. The van der Waals surface area contributed by atoms with Gasteiger partial charge in [-0.2, -0.15) is 4.94 Å². The Morgan fingerprint density at radius 1 is 0.390 bits per heavy atom. The van der Waals surface area contributed by atoms with Crippen molar-refractivity contribution in [2.75, 3.05) is 0 Å². The van der Waals surface area contributed by atoms with Gasteiger partial charge in [0.15, 0.2) is 0 Å². The number of primary sulfonamides is 2. The van der Waals surface area contributed by atoms with Crippen LogP contribution in [0, 0.1) is 0 Å². The number of hydrogen-bond acceptors (Lipinski definition) is 9. The van der Waals surface area contributed by atoms with Gasteiger partial charge in [0.1, 0.15) is 0 Å². The van der Waals surface area contributed by atoms with Gasteiger partial charge >= 0.3 is 0 Å². The van der Waals surface area contributed by atoms with Crippen molar-refractivity contribution in [2.45, 2.75) is 19.6 Å². The number of nitrogens with two attached hydrogens (primary N) is 2. The molecule has 0 aliphatic heterocycles. The minimum atomic E-state index is -4.29. The van der Waals surface area contributed by atoms with Crippen LogP contribution >= 0.6 is 0 Å². The van der Waals surface area contributed by atoms with Gasteiger partial charge in [-0.25, -0.2) is 43.9 Å². The first-order valence-electron chi connectivity index (χ1n) is 11.2. The molecule has 17 heteroatoms. The lowest BCUT2D eigenvalue weighted by molar-refractivity contribution is 0.0533. The van der Waals surface area contributed by atoms with Crippen molar-refractivity contribution in [2.24, 2.45) is 10.3 Å². The van der Waals surface area contributed by atoms with Crippen molar-refractivity contribution in [3.63, 3.8) is 0 Å². The molecule has 0 fully saturated rings. The maximum Gasteiger partial charge on any atom is 0.264 e. The number of sulfonamides is 4. The topological polar surface area (TPSA) is 222 Å². The lowest BCUT2D eigenvalue weighted by atomic mass is 10.1. The third-order valence-corrected chi connectivity index (χ3v) is 9.91. The van der Waals surface area contributed by atoms with E-state index in [-0.39, 0.29) is 19.6 Å². The Labute approximate surface area is 236 Å². The predicted octanol–water partition coefficient (Wildman–Crippen LogP) is 1.42. The molecule has 0 spiro atoms. The molecule has 4 rings (SSSR count). The summed E-state index contributed by atoms with van der Waals surface area (Å²) in [5.41, 5.74) is 2.36. The molecule has 0 amide bonds. The monoisotopic (exact) mass is 638 g/mol. The molecule has 0 aliphatic rings. The van der Waals surface area contributed by atoms with Crippen molar-refractivity contribution >= 4 is 40.1 Å². The molecular formula is C24H22N4O9S4. The van der Waals surface area contributed by atoms with E-state index in [0.717, 1.165) is 0 Å². The first-order chi connectivity index (χ1) is 19.1. The van der Waals surface area contributed by atoms with E-state index in [4.69, 9.17) is 10.3 Å². The van der Waals surface area contributed by atoms with Gasteiger partial charge in [-0.15, -0.1) is 0 Å². The molecular weight excluding hydrogens is 617 g/mol. The molecule has 6 N–H and O–H groups in total. The van der Waals surface area contributed by atoms with Crippen LogP contribution in [0.1, 0.15) is 0 Å². The van der Waals surface area contributed by atoms with Crippen LogP contribution in [0.5, 0.6) is 0 Å². The summed E-state index contributed by atoms with van der Waals surface area (Å²) in [7, 11) is -16.3. The maximum atomic E-state index is 12.5. The van der Waals surface area contributed by atoms with Crippen molar-refractivity contribution in [3.05, 3.63) is 97.1 Å². The van der Waals surface area contributed by atoms with Crippen LogP contribution in [0.4, 0.5) is 0 Å². The van der Waals surface area contributed by atoms with Gasteiger partial charge < -0.3 is 0 Å². The molecule has 13 nitrogen and oxygen atoms in total. The second-order valence-electron chi connectivity index (χ2n) is 8.46. The molecule has 0 aromatic heterocycles. The molecule has 0 saturated heterocycles. The number of hydrogen-bond donors (Lipinski definition) is 4. The average Bonchev–Trinajstić information content (AvgIpc) is 2.92. The largest absolute Gasteiger partial charge is 0.264 e. The highest BCUT2D eigenvalue weighted by atomic mass is 32.2. The smallest absolute Gasteiger partial charge is 0.225 e. The Balaban J connectivity index is 1.38. The predicted molar refractivity (Wildman–Crippen MR) is 148 cm³/mol. The zero-order valence-electron chi connectivity index (χ0n) is 20.7. The molecule has 41 heavy (non-hydrogen) atoms. The number of nitrogens with one attached hydrogen (secondary N) is 2. The summed E-state index contributed by atoms with van der Waals surface area (Å²) in [6, 6.07) is 22.2. The van der Waals surface area contributed by atoms with Crippen molar-refractivity contribution in [1.82, 2.24) is 9.77 Å². The summed E-state index contributed by atoms with van der Waals surface area (Å²) in [5, 5.41) is 10.2. The second kappa shape index (κ2) is 11.4. The zero-order valence-corrected chi connectivity index (χ0v) is 24.0. The highest BCUT2D eigenvalue weighted by Crippen LogP contribution is 2.24. The molecule has 4 aromatic carbocycles. The van der Waals surface area contributed by atoms with Gasteiger partial charge in [0.25, 0.3) is 20.0 Å². The molecule has 0 heterocycles. The van der Waals surface area contributed by atoms with E-state index in [1.165, 1.54) is 97.1 Å². The van der Waals surface area contributed by atoms with Crippen LogP contribution in [-0.2, 0) is 45.0 Å². The van der Waals surface area contributed by atoms with E-state index in [1.54, 1.807) is 9.77 Å². The van der Waals surface area contributed by atoms with Crippen LogP contribution in [0.2, 0.25) is 0 Å². The normalized spacial score (nSPS) is 12.7. The molecule has 0 atom stereocenters. The molecule has 4 aromatic rings. The molecule has 0 unspecified atom stereocenters. The molecule has 0 bridgehead atoms. The standard InChI is InChI=1S/C24H22N4O9S4/c25-38(29,30)21-9-1-17(2-10-21)19-5-13-23(14-6-19)40(33,34)27-37-28-41(35,36)24-15-7-20(8-16-24)18-3-11-22(12-4-18)39(26,31)32/h1-16,27-28H,(H2,25,29,30)(H2,26,31,32). The van der Waals surface area contributed by atoms with Gasteiger partial charge in [-0.05, 0) is 70.8 Å². The average molecular weight is 639 g/mol. The molecule has 0 aliphatic carbocycles. The summed E-state index contributed by atoms with van der Waals surface area (Å²) in [6.45, 7) is 0. The molecule has 216 valence electrons. The third kappa shape index (κ3) is 7.41. The highest BCUT2D eigenvalue weighted by molar-refractivity contribution is 7.90. The summed E-state index contributed by atoms with van der Waals surface area (Å²) in [4.78, 5) is 7.32. The lowest BCUT2D eigenvalue weighted by Gasteiger charge is -2.10. The summed E-state index contributed by atoms with van der Waals surface area (Å²) in [6.07, 6.45) is 0. The fourth-order valence-electron chi connectivity index (χ4n) is 3.55. The van der Waals surface area contributed by atoms with Crippen molar-refractivity contribution in [1.29, 1.82) is 0 Å². The minimum absolute atomic E-state index is 0.0719. The van der Waals surface area contributed by atoms with Crippen molar-refractivity contribution < 1.29 is 38.6 Å². The third-order valence-electron chi connectivity index (χ3n) is 5.66. The van der Waals surface area contributed by atoms with Gasteiger partial charge in [0.05, 0.1) is 19.6 Å². The van der Waals surface area contributed by atoms with Gasteiger partial charge in [0.2, 0.25) is 20.0 Å². The van der Waals surface area contributed by atoms with Crippen molar-refractivity contribution in [3.8, 4) is 22.3 Å². The van der Waals surface area contributed by atoms with Crippen LogP contribution in [0.3, 0.4) is 0 Å². The van der Waals surface area contributed by atoms with E-state index in [0.29, 0.717) is 22.3 Å². The van der Waals surface area contributed by atoms with Crippen LogP contribution in [0.15, 0.2) is 117 Å². The van der Waals surface area contributed by atoms with E-state index in [1.807, 2.05) is 0 Å². The molecule has 0 saturated carbocycles. The Morgan fingerprint density at radius 2 is 0.610 bits per heavy atom. The quantitative estimate of drug-likeness (QED) is 0.184. The minimum Gasteiger partial charge on any atom is -0.225 e. The Hall–Kier alpha value is -3.52. The molecule has 0 radical (unpaired) electrons. The number of rotatable bonds is 10. The van der Waals surface area contributed by atoms with E-state index >= 15 is 0 Å². The van der Waals surface area contributed by atoms with Crippen LogP contribution in [-0.4, -0.2) is 33.7 Å². The lowest BCUT2D eigenvalue weighted by Crippen LogP contribution is -2.34.